The van der Waals surface area contributed by atoms with E-state index in [0.29, 0.717) is 19.3 Å². The van der Waals surface area contributed by atoms with Crippen LogP contribution in [0.4, 0.5) is 0 Å². The highest BCUT2D eigenvalue weighted by atomic mass is 16.5. The maximum atomic E-state index is 13.1. The van der Waals surface area contributed by atoms with Crippen molar-refractivity contribution in [2.24, 2.45) is 0 Å². The average Bonchev–Trinajstić information content (AvgIpc) is 3.25. The zero-order chi connectivity index (χ0) is 44.5. The number of hydrogen-bond donors (Lipinski definition) is 3. The summed E-state index contributed by atoms with van der Waals surface area (Å²) in [6, 6.07) is -0.713. The van der Waals surface area contributed by atoms with Crippen molar-refractivity contribution < 1.29 is 24.5 Å². The van der Waals surface area contributed by atoms with Crippen LogP contribution in [0.5, 0.6) is 0 Å². The lowest BCUT2D eigenvalue weighted by molar-refractivity contribution is -0.151. The second-order valence-electron chi connectivity index (χ2n) is 17.6. The molecular formula is C55H99NO5. The van der Waals surface area contributed by atoms with Crippen LogP contribution in [0.2, 0.25) is 0 Å². The van der Waals surface area contributed by atoms with Crippen molar-refractivity contribution in [3.05, 3.63) is 60.8 Å². The Labute approximate surface area is 378 Å². The van der Waals surface area contributed by atoms with E-state index in [9.17, 15) is 19.8 Å². The van der Waals surface area contributed by atoms with Crippen molar-refractivity contribution in [1.82, 2.24) is 5.32 Å². The summed E-state index contributed by atoms with van der Waals surface area (Å²) in [5.41, 5.74) is 0. The zero-order valence-corrected chi connectivity index (χ0v) is 40.3. The molecule has 0 rings (SSSR count). The Kier molecular flexibility index (Phi) is 46.6. The molecule has 0 saturated carbocycles. The van der Waals surface area contributed by atoms with Crippen LogP contribution in [-0.2, 0) is 14.3 Å². The van der Waals surface area contributed by atoms with Crippen molar-refractivity contribution in [2.75, 3.05) is 6.61 Å². The van der Waals surface area contributed by atoms with Gasteiger partial charge in [0.15, 0.2) is 0 Å². The number of amides is 1. The minimum atomic E-state index is -0.797. The minimum Gasteiger partial charge on any atom is -0.462 e. The fourth-order valence-corrected chi connectivity index (χ4v) is 7.59. The van der Waals surface area contributed by atoms with Crippen LogP contribution >= 0.6 is 0 Å². The number of aliphatic hydroxyl groups is 2. The second kappa shape index (κ2) is 48.6. The van der Waals surface area contributed by atoms with E-state index in [4.69, 9.17) is 4.74 Å². The molecule has 354 valence electrons. The summed E-state index contributed by atoms with van der Waals surface area (Å²) in [6.45, 7) is 6.38. The summed E-state index contributed by atoms with van der Waals surface area (Å²) >= 11 is 0. The number of esters is 1. The number of carbonyl (C=O) groups excluding carboxylic acids is 2. The Bertz CT molecular complexity index is 1090. The minimum absolute atomic E-state index is 0.0520. The smallest absolute Gasteiger partial charge is 0.306 e. The molecule has 0 radical (unpaired) electrons. The van der Waals surface area contributed by atoms with E-state index in [1.807, 2.05) is 0 Å². The predicted molar refractivity (Wildman–Crippen MR) is 264 cm³/mol. The van der Waals surface area contributed by atoms with Gasteiger partial charge in [0.2, 0.25) is 5.91 Å². The molecule has 0 fully saturated rings. The fourth-order valence-electron chi connectivity index (χ4n) is 7.59. The van der Waals surface area contributed by atoms with Crippen molar-refractivity contribution in [1.29, 1.82) is 0 Å². The molecule has 6 heteroatoms. The van der Waals surface area contributed by atoms with Crippen LogP contribution in [-0.4, -0.2) is 46.9 Å². The van der Waals surface area contributed by atoms with E-state index in [1.54, 1.807) is 0 Å². The maximum absolute atomic E-state index is 13.1. The van der Waals surface area contributed by atoms with Gasteiger partial charge in [-0.15, -0.1) is 0 Å². The third kappa shape index (κ3) is 44.0. The Morgan fingerprint density at radius 3 is 1.38 bits per heavy atom. The van der Waals surface area contributed by atoms with E-state index < -0.39 is 18.2 Å². The Balaban J connectivity index is 4.46. The molecule has 61 heavy (non-hydrogen) atoms. The van der Waals surface area contributed by atoms with Gasteiger partial charge in [0.1, 0.15) is 6.10 Å². The average molecular weight is 854 g/mol. The van der Waals surface area contributed by atoms with E-state index in [0.717, 1.165) is 103 Å². The van der Waals surface area contributed by atoms with Gasteiger partial charge in [-0.1, -0.05) is 210 Å². The largest absolute Gasteiger partial charge is 0.462 e. The van der Waals surface area contributed by atoms with Crippen LogP contribution in [0.1, 0.15) is 252 Å². The van der Waals surface area contributed by atoms with E-state index in [1.165, 1.54) is 103 Å². The lowest BCUT2D eigenvalue weighted by atomic mass is 10.0. The molecule has 3 N–H and O–H groups in total. The molecule has 0 saturated heterocycles. The molecule has 1 amide bonds. The number of allylic oxidation sites excluding steroid dienone is 10. The number of aliphatic hydroxyl groups excluding tert-OH is 2. The molecule has 0 aromatic rings. The molecular weight excluding hydrogens is 755 g/mol. The molecule has 3 unspecified atom stereocenters. The van der Waals surface area contributed by atoms with Crippen molar-refractivity contribution >= 4 is 11.9 Å². The van der Waals surface area contributed by atoms with Gasteiger partial charge in [-0.2, -0.15) is 0 Å². The van der Waals surface area contributed by atoms with Gasteiger partial charge in [0, 0.05) is 6.42 Å². The molecule has 0 aromatic carbocycles. The van der Waals surface area contributed by atoms with Gasteiger partial charge >= 0.3 is 5.97 Å². The lowest BCUT2D eigenvalue weighted by Crippen LogP contribution is -2.46. The zero-order valence-electron chi connectivity index (χ0n) is 40.3. The van der Waals surface area contributed by atoms with Crippen LogP contribution in [0, 0.1) is 0 Å². The highest BCUT2D eigenvalue weighted by Crippen LogP contribution is 2.17. The highest BCUT2D eigenvalue weighted by Gasteiger charge is 2.24. The van der Waals surface area contributed by atoms with E-state index >= 15 is 0 Å². The topological polar surface area (TPSA) is 95.9 Å². The van der Waals surface area contributed by atoms with Gasteiger partial charge in [-0.05, 0) is 89.9 Å². The summed E-state index contributed by atoms with van der Waals surface area (Å²) in [5, 5.41) is 23.7. The highest BCUT2D eigenvalue weighted by molar-refractivity contribution is 5.77. The normalized spacial score (nSPS) is 13.7. The van der Waals surface area contributed by atoms with Crippen molar-refractivity contribution in [3.63, 3.8) is 0 Å². The molecule has 3 atom stereocenters. The first-order valence-corrected chi connectivity index (χ1v) is 26.0. The van der Waals surface area contributed by atoms with Crippen LogP contribution < -0.4 is 5.32 Å². The fraction of sp³-hybridized carbons (Fsp3) is 0.782. The van der Waals surface area contributed by atoms with Gasteiger partial charge in [-0.3, -0.25) is 9.59 Å². The SMILES string of the molecule is CCC/C=C\CCCCCC(CC(=O)NC(CO)C(O)CCCCCCCCCCCCCCCCC)OC(=O)CCCCC/C=C\C/C=C\C/C=C\C/C=C\CCCCC. The summed E-state index contributed by atoms with van der Waals surface area (Å²) < 4.78 is 5.89. The van der Waals surface area contributed by atoms with Crippen LogP contribution in [0.15, 0.2) is 60.8 Å². The first kappa shape index (κ1) is 58.6. The number of ether oxygens (including phenoxy) is 1. The van der Waals surface area contributed by atoms with Crippen LogP contribution in [0.3, 0.4) is 0 Å². The number of unbranched alkanes of at least 4 members (excludes halogenated alkanes) is 24. The Morgan fingerprint density at radius 2 is 0.869 bits per heavy atom. The third-order valence-corrected chi connectivity index (χ3v) is 11.6. The molecule has 0 aliphatic heterocycles. The molecule has 6 nitrogen and oxygen atoms in total. The summed E-state index contributed by atoms with van der Waals surface area (Å²) in [7, 11) is 0. The molecule has 0 bridgehead atoms. The van der Waals surface area contributed by atoms with E-state index in [-0.39, 0.29) is 24.9 Å². The summed E-state index contributed by atoms with van der Waals surface area (Å²) in [5.74, 6) is -0.529. The van der Waals surface area contributed by atoms with Gasteiger partial charge in [-0.25, -0.2) is 0 Å². The maximum Gasteiger partial charge on any atom is 0.306 e. The summed E-state index contributed by atoms with van der Waals surface area (Å²) in [4.78, 5) is 26.0. The number of hydrogen-bond acceptors (Lipinski definition) is 5. The first-order valence-electron chi connectivity index (χ1n) is 26.0. The quantitative estimate of drug-likeness (QED) is 0.0322. The van der Waals surface area contributed by atoms with Crippen molar-refractivity contribution in [3.8, 4) is 0 Å². The first-order chi connectivity index (χ1) is 30.0. The van der Waals surface area contributed by atoms with Crippen molar-refractivity contribution in [2.45, 2.75) is 270 Å². The molecule has 0 aliphatic rings. The standard InChI is InChI=1S/C55H99NO5/c1-4-7-10-13-16-19-21-23-25-26-27-28-30-32-34-36-39-42-45-48-55(60)61-51(46-43-40-37-18-15-12-9-6-3)49-54(59)56-52(50-57)53(58)47-44-41-38-35-33-31-29-24-22-20-17-14-11-8-5-2/h12,15-16,19,23,25,27-28,32,34,51-53,57-58H,4-11,13-14,17-18,20-22,24,26,29-31,33,35-50H2,1-3H3,(H,56,59)/b15-12-,19-16-,25-23-,28-27-,34-32-. The predicted octanol–water partition coefficient (Wildman–Crippen LogP) is 15.6. The molecule has 0 aromatic heterocycles. The van der Waals surface area contributed by atoms with Crippen LogP contribution in [0.25, 0.3) is 0 Å². The lowest BCUT2D eigenvalue weighted by Gasteiger charge is -2.24. The van der Waals surface area contributed by atoms with Gasteiger partial charge in [0.05, 0.1) is 25.2 Å². The monoisotopic (exact) mass is 854 g/mol. The molecule has 0 spiro atoms. The Hall–Kier alpha value is -2.44. The molecule has 0 heterocycles. The Morgan fingerprint density at radius 1 is 0.475 bits per heavy atom. The number of nitrogens with one attached hydrogen (secondary N) is 1. The summed E-state index contributed by atoms with van der Waals surface area (Å²) in [6.07, 6.45) is 60.1. The number of rotatable bonds is 46. The number of carbonyl (C=O) groups is 2. The second-order valence-corrected chi connectivity index (χ2v) is 17.6. The molecule has 0 aliphatic carbocycles. The third-order valence-electron chi connectivity index (χ3n) is 11.6. The van der Waals surface area contributed by atoms with Gasteiger partial charge in [0.25, 0.3) is 0 Å². The van der Waals surface area contributed by atoms with E-state index in [2.05, 4.69) is 86.8 Å². The van der Waals surface area contributed by atoms with Gasteiger partial charge < -0.3 is 20.3 Å².